The lowest BCUT2D eigenvalue weighted by atomic mass is 10.0. The van der Waals surface area contributed by atoms with Crippen molar-refractivity contribution in [3.8, 4) is 0 Å². The molecule has 3 aromatic rings. The number of carbonyl (C=O) groups is 7. The van der Waals surface area contributed by atoms with Crippen molar-refractivity contribution in [1.29, 1.82) is 0 Å². The van der Waals surface area contributed by atoms with E-state index in [0.29, 0.717) is 11.4 Å². The van der Waals surface area contributed by atoms with E-state index in [1.807, 2.05) is 0 Å². The summed E-state index contributed by atoms with van der Waals surface area (Å²) in [5.41, 5.74) is 12.0. The van der Waals surface area contributed by atoms with Crippen molar-refractivity contribution in [2.24, 2.45) is 5.73 Å². The normalized spacial score (nSPS) is 13.2. The van der Waals surface area contributed by atoms with E-state index < -0.39 is 77.6 Å². The Labute approximate surface area is 298 Å². The van der Waals surface area contributed by atoms with E-state index in [0.717, 1.165) is 0 Å². The summed E-state index contributed by atoms with van der Waals surface area (Å²) >= 11 is 3.80. The van der Waals surface area contributed by atoms with E-state index in [1.165, 1.54) is 18.3 Å². The average molecular weight is 745 g/mol. The monoisotopic (exact) mass is 744 g/mol. The maximum Gasteiger partial charge on any atom is 0.327 e. The van der Waals surface area contributed by atoms with Crippen LogP contribution in [0, 0.1) is 0 Å². The lowest BCUT2D eigenvalue weighted by Crippen LogP contribution is -2.55. The molecule has 0 radical (unpaired) electrons. The maximum atomic E-state index is 12.8. The fourth-order valence-corrected chi connectivity index (χ4v) is 4.73. The number of carbonyl (C=O) groups excluding carboxylic acids is 4. The molecule has 278 valence electrons. The summed E-state index contributed by atoms with van der Waals surface area (Å²) in [5, 5.41) is 37.4. The van der Waals surface area contributed by atoms with Crippen LogP contribution in [0.4, 0.5) is 11.6 Å². The largest absolute Gasteiger partial charge is 0.481 e. The fourth-order valence-electron chi connectivity index (χ4n) is 4.49. The highest BCUT2D eigenvalue weighted by molar-refractivity contribution is 7.80. The number of nitrogens with two attached hydrogens (primary N) is 2. The molecule has 21 nitrogen and oxygen atoms in total. The van der Waals surface area contributed by atoms with Crippen molar-refractivity contribution in [3.05, 3.63) is 52.1 Å². The van der Waals surface area contributed by atoms with Crippen molar-refractivity contribution in [1.82, 2.24) is 35.9 Å². The number of aromatic nitrogens is 4. The van der Waals surface area contributed by atoms with Crippen LogP contribution in [-0.4, -0.2) is 107 Å². The van der Waals surface area contributed by atoms with Gasteiger partial charge in [-0.25, -0.2) is 19.6 Å². The third-order valence-electron chi connectivity index (χ3n) is 7.30. The van der Waals surface area contributed by atoms with Crippen LogP contribution in [0.25, 0.3) is 11.2 Å². The molecule has 0 saturated heterocycles. The van der Waals surface area contributed by atoms with Crippen LogP contribution in [0.2, 0.25) is 0 Å². The number of nitrogens with zero attached hydrogens (tertiary/aromatic N) is 3. The fraction of sp³-hybridized carbons (Fsp3) is 0.367. The average Bonchev–Trinajstić information content (AvgIpc) is 3.09. The van der Waals surface area contributed by atoms with Crippen molar-refractivity contribution in [3.63, 3.8) is 0 Å². The summed E-state index contributed by atoms with van der Waals surface area (Å²) in [7, 11) is 0. The summed E-state index contributed by atoms with van der Waals surface area (Å²) in [4.78, 5) is 111. The maximum absolute atomic E-state index is 12.8. The first-order valence-corrected chi connectivity index (χ1v) is 16.0. The van der Waals surface area contributed by atoms with Crippen LogP contribution >= 0.6 is 12.6 Å². The van der Waals surface area contributed by atoms with E-state index in [2.05, 4.69) is 53.8 Å². The zero-order valence-electron chi connectivity index (χ0n) is 27.2. The molecule has 52 heavy (non-hydrogen) atoms. The molecule has 4 atom stereocenters. The van der Waals surface area contributed by atoms with Gasteiger partial charge in [0.15, 0.2) is 11.2 Å². The number of nitrogen functional groups attached to an aromatic ring is 1. The van der Waals surface area contributed by atoms with Crippen molar-refractivity contribution < 1.29 is 48.9 Å². The molecule has 0 unspecified atom stereocenters. The van der Waals surface area contributed by atoms with Gasteiger partial charge >= 0.3 is 17.9 Å². The van der Waals surface area contributed by atoms with Gasteiger partial charge in [-0.1, -0.05) is 0 Å². The Bertz CT molecular complexity index is 1890. The first kappa shape index (κ1) is 40.3. The number of fused-ring (bicyclic) bond motifs is 1. The number of hydrogen-bond acceptors (Lipinski definition) is 15. The number of carboxylic acid groups (broad SMARTS) is 3. The molecule has 0 aliphatic carbocycles. The van der Waals surface area contributed by atoms with Crippen LogP contribution in [0.5, 0.6) is 0 Å². The van der Waals surface area contributed by atoms with Crippen LogP contribution < -0.4 is 38.3 Å². The molecule has 2 heterocycles. The predicted molar refractivity (Wildman–Crippen MR) is 184 cm³/mol. The molecule has 0 aliphatic rings. The SMILES string of the molecule is Nc1nc2ncc(CNc3ccc(C(=O)N[C@H](CCC(=O)CC[C@H](N)C(=O)N[C@@H](CC(=O)O)C(=O)N[C@@H](CS)C(=O)O)C(=O)O)cc3)nc2c(=O)[nH]1. The number of H-pyrrole nitrogens is 1. The first-order valence-electron chi connectivity index (χ1n) is 15.4. The molecular formula is C30H36N10O11S. The van der Waals surface area contributed by atoms with Crippen molar-refractivity contribution in [2.45, 2.75) is 62.8 Å². The minimum atomic E-state index is -1.67. The summed E-state index contributed by atoms with van der Waals surface area (Å²) in [5.74, 6) is -7.96. The van der Waals surface area contributed by atoms with Crippen LogP contribution in [0.1, 0.15) is 48.2 Å². The highest BCUT2D eigenvalue weighted by Gasteiger charge is 2.29. The molecular weight excluding hydrogens is 708 g/mol. The van der Waals surface area contributed by atoms with Gasteiger partial charge in [0.2, 0.25) is 17.8 Å². The minimum Gasteiger partial charge on any atom is -0.481 e. The Morgan fingerprint density at radius 1 is 0.846 bits per heavy atom. The molecule has 0 fully saturated rings. The molecule has 0 bridgehead atoms. The number of anilines is 2. The Balaban J connectivity index is 1.47. The van der Waals surface area contributed by atoms with Gasteiger partial charge in [-0.3, -0.25) is 33.8 Å². The minimum absolute atomic E-state index is 0.0111. The van der Waals surface area contributed by atoms with E-state index in [1.54, 1.807) is 12.1 Å². The molecule has 2 aromatic heterocycles. The highest BCUT2D eigenvalue weighted by atomic mass is 32.1. The number of hydrogen-bond donors (Lipinski definition) is 11. The molecule has 1 aromatic carbocycles. The van der Waals surface area contributed by atoms with Gasteiger partial charge in [0.1, 0.15) is 23.9 Å². The highest BCUT2D eigenvalue weighted by Crippen LogP contribution is 2.13. The number of amides is 3. The Kier molecular flexibility index (Phi) is 14.5. The standard InChI is InChI=1S/C30H36N10O11S/c31-17(25(45)37-19(9-21(42)43)26(46)38-20(12-52)29(50)51)7-5-16(41)6-8-18(28(48)49)36-24(44)13-1-3-14(4-2-13)33-10-15-11-34-23-22(35-15)27(47)40-30(32)39-23/h1-4,11,17-20,33,52H,5-10,12,31H2,(H,36,44)(H,37,45)(H,38,46)(H,42,43)(H,48,49)(H,50,51)(H3,32,34,39,40,47)/t17-,18+,19-,20-/m0/s1. The van der Waals surface area contributed by atoms with Crippen LogP contribution in [-0.2, 0) is 35.3 Å². The quantitative estimate of drug-likeness (QED) is 0.0557. The third-order valence-corrected chi connectivity index (χ3v) is 7.67. The lowest BCUT2D eigenvalue weighted by molar-refractivity contribution is -0.143. The Morgan fingerprint density at radius 3 is 2.10 bits per heavy atom. The molecule has 0 spiro atoms. The number of Topliss-reactive ketones (excluding diaryl/α,β-unsaturated/α-hetero) is 1. The second-order valence-corrected chi connectivity index (χ2v) is 11.6. The number of thiol groups is 1. The molecule has 0 aliphatic heterocycles. The summed E-state index contributed by atoms with van der Waals surface area (Å²) in [6, 6.07) is 0.0656. The van der Waals surface area contributed by atoms with Gasteiger partial charge in [-0.05, 0) is 37.1 Å². The number of aliphatic carboxylic acids is 3. The number of benzene rings is 1. The van der Waals surface area contributed by atoms with Crippen LogP contribution in [0.15, 0.2) is 35.3 Å². The molecule has 3 rings (SSSR count). The van der Waals surface area contributed by atoms with E-state index in [4.69, 9.17) is 21.7 Å². The zero-order chi connectivity index (χ0) is 38.5. The lowest BCUT2D eigenvalue weighted by Gasteiger charge is -2.21. The van der Waals surface area contributed by atoms with Gasteiger partial charge in [-0.2, -0.15) is 17.6 Å². The number of nitrogens with one attached hydrogen (secondary N) is 5. The van der Waals surface area contributed by atoms with Crippen molar-refractivity contribution in [2.75, 3.05) is 16.8 Å². The van der Waals surface area contributed by atoms with Gasteiger partial charge < -0.3 is 48.1 Å². The molecule has 12 N–H and O–H groups in total. The van der Waals surface area contributed by atoms with Gasteiger partial charge in [0.05, 0.1) is 30.9 Å². The molecule has 0 saturated carbocycles. The second kappa shape index (κ2) is 18.7. The number of carboxylic acids is 3. The van der Waals surface area contributed by atoms with Crippen LogP contribution in [0.3, 0.4) is 0 Å². The van der Waals surface area contributed by atoms with Gasteiger partial charge in [-0.15, -0.1) is 0 Å². The first-order chi connectivity index (χ1) is 24.6. The van der Waals surface area contributed by atoms with E-state index in [-0.39, 0.29) is 60.7 Å². The second-order valence-electron chi connectivity index (χ2n) is 11.2. The summed E-state index contributed by atoms with van der Waals surface area (Å²) < 4.78 is 0. The molecule has 22 heteroatoms. The number of ketones is 1. The zero-order valence-corrected chi connectivity index (χ0v) is 28.1. The smallest absolute Gasteiger partial charge is 0.327 e. The summed E-state index contributed by atoms with van der Waals surface area (Å²) in [6.45, 7) is 0.164. The van der Waals surface area contributed by atoms with Gasteiger partial charge in [0.25, 0.3) is 11.5 Å². The number of rotatable bonds is 20. The third kappa shape index (κ3) is 12.0. The molecule has 3 amide bonds. The van der Waals surface area contributed by atoms with Gasteiger partial charge in [0, 0.05) is 29.8 Å². The topological polar surface area (TPSA) is 352 Å². The Morgan fingerprint density at radius 2 is 1.48 bits per heavy atom. The predicted octanol–water partition coefficient (Wildman–Crippen LogP) is -1.99. The summed E-state index contributed by atoms with van der Waals surface area (Å²) in [6.07, 6.45) is -0.580. The van der Waals surface area contributed by atoms with E-state index in [9.17, 15) is 43.5 Å². The van der Waals surface area contributed by atoms with E-state index >= 15 is 0 Å². The van der Waals surface area contributed by atoms with Crippen molar-refractivity contribution >= 4 is 76.8 Å². The number of aromatic amines is 1. The Hall–Kier alpha value is -6.16.